The number of rotatable bonds is 4. The number of carbonyl (C=O) groups is 2. The lowest BCUT2D eigenvalue weighted by Crippen LogP contribution is -2.11. The third-order valence-corrected chi connectivity index (χ3v) is 1.02. The minimum absolute atomic E-state index is 0.228. The number of nitrogens with one attached hydrogen (secondary N) is 1. The molecule has 1 rings (SSSR count). The topological polar surface area (TPSA) is 97.1 Å². The van der Waals surface area contributed by atoms with Crippen LogP contribution in [-0.4, -0.2) is 32.5 Å². The number of carbonyl (C=O) groups excluding carboxylic acids is 1. The van der Waals surface area contributed by atoms with Gasteiger partial charge in [-0.25, -0.2) is 0 Å². The van der Waals surface area contributed by atoms with Crippen molar-refractivity contribution in [1.29, 1.82) is 0 Å². The van der Waals surface area contributed by atoms with E-state index < -0.39 is 5.97 Å². The minimum Gasteiger partial charge on any atom is -0.480 e. The summed E-state index contributed by atoms with van der Waals surface area (Å²) in [5.74, 6) is -0.811. The second kappa shape index (κ2) is 3.46. The normalized spacial score (nSPS) is 9.33. The number of carboxylic acids is 1. The van der Waals surface area contributed by atoms with Crippen molar-refractivity contribution in [3.05, 3.63) is 6.20 Å². The molecule has 7 nitrogen and oxygen atoms in total. The van der Waals surface area contributed by atoms with Gasteiger partial charge in [0.05, 0.1) is 6.20 Å². The molecule has 64 valence electrons. The van der Waals surface area contributed by atoms with E-state index in [0.717, 1.165) is 4.80 Å². The average molecular weight is 170 g/mol. The second-order valence-electron chi connectivity index (χ2n) is 1.92. The Labute approximate surface area is 67.0 Å². The first kappa shape index (κ1) is 8.18. The van der Waals surface area contributed by atoms with E-state index in [9.17, 15) is 9.59 Å². The Balaban J connectivity index is 2.63. The quantitative estimate of drug-likeness (QED) is 0.561. The molecule has 0 aliphatic heterocycles. The van der Waals surface area contributed by atoms with Crippen LogP contribution in [0.15, 0.2) is 6.20 Å². The largest absolute Gasteiger partial charge is 0.480 e. The van der Waals surface area contributed by atoms with Crippen LogP contribution in [0.1, 0.15) is 0 Å². The van der Waals surface area contributed by atoms with Crippen molar-refractivity contribution in [1.82, 2.24) is 15.0 Å². The average Bonchev–Trinajstić information content (AvgIpc) is 2.36. The predicted molar refractivity (Wildman–Crippen MR) is 37.3 cm³/mol. The summed E-state index contributed by atoms with van der Waals surface area (Å²) in [6, 6.07) is 0. The van der Waals surface area contributed by atoms with Gasteiger partial charge < -0.3 is 10.4 Å². The standard InChI is InChI=1S/C5H6N4O3/c10-3-6-4-1-7-9(8-4)2-5(11)12/h1,3H,2H2,(H,11,12)(H,6,8,10). The van der Waals surface area contributed by atoms with Crippen molar-refractivity contribution < 1.29 is 14.7 Å². The number of hydrogen-bond donors (Lipinski definition) is 2. The summed E-state index contributed by atoms with van der Waals surface area (Å²) in [5, 5.41) is 17.7. The molecule has 0 saturated heterocycles. The van der Waals surface area contributed by atoms with Crippen LogP contribution >= 0.6 is 0 Å². The van der Waals surface area contributed by atoms with Crippen molar-refractivity contribution in [2.45, 2.75) is 6.54 Å². The van der Waals surface area contributed by atoms with Crippen LogP contribution in [0.4, 0.5) is 5.82 Å². The van der Waals surface area contributed by atoms with Gasteiger partial charge in [0.1, 0.15) is 0 Å². The Morgan fingerprint density at radius 2 is 2.58 bits per heavy atom. The van der Waals surface area contributed by atoms with Gasteiger partial charge in [-0.2, -0.15) is 9.90 Å². The van der Waals surface area contributed by atoms with Gasteiger partial charge in [0, 0.05) is 0 Å². The van der Waals surface area contributed by atoms with Crippen LogP contribution < -0.4 is 5.32 Å². The van der Waals surface area contributed by atoms with E-state index in [-0.39, 0.29) is 12.4 Å². The molecule has 7 heteroatoms. The Bertz CT molecular complexity index is 295. The molecule has 0 spiro atoms. The highest BCUT2D eigenvalue weighted by molar-refractivity contribution is 5.68. The van der Waals surface area contributed by atoms with Gasteiger partial charge in [0.2, 0.25) is 6.41 Å². The van der Waals surface area contributed by atoms with Gasteiger partial charge >= 0.3 is 5.97 Å². The third kappa shape index (κ3) is 2.04. The maximum Gasteiger partial charge on any atom is 0.327 e. The number of anilines is 1. The fourth-order valence-electron chi connectivity index (χ4n) is 0.621. The fourth-order valence-corrected chi connectivity index (χ4v) is 0.621. The zero-order valence-electron chi connectivity index (χ0n) is 5.97. The lowest BCUT2D eigenvalue weighted by Gasteiger charge is -1.91. The minimum atomic E-state index is -1.04. The highest BCUT2D eigenvalue weighted by Gasteiger charge is 2.02. The van der Waals surface area contributed by atoms with E-state index in [1.165, 1.54) is 6.20 Å². The number of hydrogen-bond acceptors (Lipinski definition) is 4. The van der Waals surface area contributed by atoms with Gasteiger partial charge in [0.25, 0.3) is 0 Å². The van der Waals surface area contributed by atoms with E-state index in [0.29, 0.717) is 6.41 Å². The smallest absolute Gasteiger partial charge is 0.327 e. The lowest BCUT2D eigenvalue weighted by molar-refractivity contribution is -0.138. The maximum absolute atomic E-state index is 10.1. The van der Waals surface area contributed by atoms with Gasteiger partial charge in [-0.05, 0) is 0 Å². The Morgan fingerprint density at radius 1 is 1.83 bits per heavy atom. The molecule has 1 aromatic rings. The highest BCUT2D eigenvalue weighted by atomic mass is 16.4. The van der Waals surface area contributed by atoms with Crippen LogP contribution in [0, 0.1) is 0 Å². The lowest BCUT2D eigenvalue weighted by atomic mass is 10.7. The molecule has 1 aromatic heterocycles. The van der Waals surface area contributed by atoms with Crippen LogP contribution in [0.5, 0.6) is 0 Å². The van der Waals surface area contributed by atoms with Crippen molar-refractivity contribution in [2.24, 2.45) is 0 Å². The SMILES string of the molecule is O=CNc1cnn(CC(=O)O)n1. The molecule has 2 N–H and O–H groups in total. The fraction of sp³-hybridized carbons (Fsp3) is 0.200. The number of amides is 1. The van der Waals surface area contributed by atoms with E-state index in [1.807, 2.05) is 0 Å². The summed E-state index contributed by atoms with van der Waals surface area (Å²) in [4.78, 5) is 21.0. The van der Waals surface area contributed by atoms with Gasteiger partial charge in [0.15, 0.2) is 12.4 Å². The molecule has 0 bridgehead atoms. The molecule has 0 aromatic carbocycles. The van der Waals surface area contributed by atoms with Gasteiger partial charge in [-0.3, -0.25) is 9.59 Å². The van der Waals surface area contributed by atoms with Gasteiger partial charge in [-0.15, -0.1) is 5.10 Å². The second-order valence-corrected chi connectivity index (χ2v) is 1.92. The molecule has 0 atom stereocenters. The van der Waals surface area contributed by atoms with E-state index >= 15 is 0 Å². The van der Waals surface area contributed by atoms with Crippen LogP contribution in [0.3, 0.4) is 0 Å². The monoisotopic (exact) mass is 170 g/mol. The van der Waals surface area contributed by atoms with Crippen LogP contribution in [-0.2, 0) is 16.1 Å². The first-order chi connectivity index (χ1) is 5.72. The Hall–Kier alpha value is -1.92. The van der Waals surface area contributed by atoms with Crippen LogP contribution in [0.2, 0.25) is 0 Å². The molecule has 12 heavy (non-hydrogen) atoms. The van der Waals surface area contributed by atoms with Crippen molar-refractivity contribution in [2.75, 3.05) is 5.32 Å². The van der Waals surface area contributed by atoms with Crippen molar-refractivity contribution in [3.63, 3.8) is 0 Å². The molecule has 0 aliphatic rings. The molecular weight excluding hydrogens is 164 g/mol. The number of nitrogens with zero attached hydrogens (tertiary/aromatic N) is 3. The number of aliphatic carboxylic acids is 1. The van der Waals surface area contributed by atoms with Crippen LogP contribution in [0.25, 0.3) is 0 Å². The third-order valence-electron chi connectivity index (χ3n) is 1.02. The molecule has 0 saturated carbocycles. The molecular formula is C5H6N4O3. The Kier molecular flexibility index (Phi) is 2.36. The highest BCUT2D eigenvalue weighted by Crippen LogP contribution is 1.95. The molecule has 0 unspecified atom stereocenters. The first-order valence-electron chi connectivity index (χ1n) is 3.04. The molecule has 0 fully saturated rings. The van der Waals surface area contributed by atoms with Crippen molar-refractivity contribution >= 4 is 18.2 Å². The molecule has 1 heterocycles. The van der Waals surface area contributed by atoms with Gasteiger partial charge in [-0.1, -0.05) is 0 Å². The van der Waals surface area contributed by atoms with E-state index in [1.54, 1.807) is 0 Å². The number of carboxylic acid groups (broad SMARTS) is 1. The maximum atomic E-state index is 10.1. The number of aromatic nitrogens is 3. The molecule has 1 amide bonds. The summed E-state index contributed by atoms with van der Waals surface area (Å²) in [5.41, 5.74) is 0. The van der Waals surface area contributed by atoms with Crippen molar-refractivity contribution in [3.8, 4) is 0 Å². The molecule has 0 aliphatic carbocycles. The first-order valence-corrected chi connectivity index (χ1v) is 3.04. The Morgan fingerprint density at radius 3 is 3.17 bits per heavy atom. The summed E-state index contributed by atoms with van der Waals surface area (Å²) < 4.78 is 0. The molecule has 0 radical (unpaired) electrons. The summed E-state index contributed by atoms with van der Waals surface area (Å²) in [6.07, 6.45) is 1.70. The summed E-state index contributed by atoms with van der Waals surface area (Å²) >= 11 is 0. The predicted octanol–water partition coefficient (Wildman–Crippen LogP) is -1.07. The zero-order valence-corrected chi connectivity index (χ0v) is 5.97. The van der Waals surface area contributed by atoms with E-state index in [2.05, 4.69) is 15.5 Å². The zero-order chi connectivity index (χ0) is 8.97. The summed E-state index contributed by atoms with van der Waals surface area (Å²) in [7, 11) is 0. The van der Waals surface area contributed by atoms with E-state index in [4.69, 9.17) is 5.11 Å². The summed E-state index contributed by atoms with van der Waals surface area (Å²) in [6.45, 7) is -0.319.